The minimum atomic E-state index is -1.62. The first kappa shape index (κ1) is 18.6. The number of aromatic amines is 1. The number of nitrogens with zero attached hydrogens (tertiary/aromatic N) is 1. The molecule has 0 aliphatic carbocycles. The van der Waals surface area contributed by atoms with Crippen LogP contribution in [0, 0.1) is 16.3 Å². The maximum absolute atomic E-state index is 13.6. The maximum atomic E-state index is 13.6. The number of rotatable bonds is 4. The highest BCUT2D eigenvalue weighted by Crippen LogP contribution is 2.47. The van der Waals surface area contributed by atoms with E-state index in [-0.39, 0.29) is 29.8 Å². The van der Waals surface area contributed by atoms with Gasteiger partial charge in [-0.3, -0.25) is 18.6 Å². The molecule has 11 heteroatoms. The van der Waals surface area contributed by atoms with Gasteiger partial charge in [-0.1, -0.05) is 12.2 Å². The molecule has 27 heavy (non-hydrogen) atoms. The van der Waals surface area contributed by atoms with E-state index in [1.807, 2.05) is 0 Å². The summed E-state index contributed by atoms with van der Waals surface area (Å²) in [4.78, 5) is 14.2. The Bertz CT molecular complexity index is 969. The second-order valence-electron chi connectivity index (χ2n) is 6.07. The molecule has 7 nitrogen and oxygen atoms in total. The molecule has 2 aromatic rings. The van der Waals surface area contributed by atoms with Crippen molar-refractivity contribution in [1.29, 1.82) is 0 Å². The summed E-state index contributed by atoms with van der Waals surface area (Å²) >= 11 is 4.70. The second-order valence-corrected chi connectivity index (χ2v) is 7.62. The SMILES string of the molecule is O=c1[nH]c(=S)c(F)cn1C1CCC(COP2OCc3cc(F)ccc3O2)O1. The molecular formula is C16H15F2N2O5PS. The molecule has 2 aliphatic rings. The van der Waals surface area contributed by atoms with Crippen LogP contribution in [0.2, 0.25) is 0 Å². The maximum Gasteiger partial charge on any atom is 0.397 e. The number of fused-ring (bicyclic) bond motifs is 1. The van der Waals surface area contributed by atoms with E-state index in [1.165, 1.54) is 18.2 Å². The summed E-state index contributed by atoms with van der Waals surface area (Å²) in [5, 5.41) is 0. The molecule has 0 saturated carbocycles. The molecule has 1 N–H and O–H groups in total. The molecule has 1 aromatic heterocycles. The fourth-order valence-corrected chi connectivity index (χ4v) is 4.07. The molecule has 144 valence electrons. The van der Waals surface area contributed by atoms with Crippen LogP contribution in [-0.4, -0.2) is 22.3 Å². The van der Waals surface area contributed by atoms with E-state index in [2.05, 4.69) is 4.98 Å². The van der Waals surface area contributed by atoms with E-state index in [0.717, 1.165) is 10.8 Å². The smallest absolute Gasteiger partial charge is 0.397 e. The third-order valence-electron chi connectivity index (χ3n) is 4.21. The minimum absolute atomic E-state index is 0.193. The fourth-order valence-electron chi connectivity index (χ4n) is 2.88. The Kier molecular flexibility index (Phi) is 5.34. The van der Waals surface area contributed by atoms with Gasteiger partial charge in [-0.05, 0) is 31.0 Å². The van der Waals surface area contributed by atoms with Gasteiger partial charge in [-0.25, -0.2) is 13.6 Å². The highest BCUT2D eigenvalue weighted by Gasteiger charge is 2.31. The lowest BCUT2D eigenvalue weighted by Gasteiger charge is -2.24. The van der Waals surface area contributed by atoms with Crippen molar-refractivity contribution in [1.82, 2.24) is 9.55 Å². The number of hydrogen-bond acceptors (Lipinski definition) is 6. The zero-order valence-electron chi connectivity index (χ0n) is 13.9. The Morgan fingerprint density at radius 1 is 1.37 bits per heavy atom. The number of hydrogen-bond donors (Lipinski definition) is 1. The minimum Gasteiger partial charge on any atom is -0.426 e. The van der Waals surface area contributed by atoms with Crippen molar-refractivity contribution in [2.45, 2.75) is 31.8 Å². The van der Waals surface area contributed by atoms with Gasteiger partial charge in [-0.15, -0.1) is 0 Å². The molecule has 0 bridgehead atoms. The Morgan fingerprint density at radius 2 is 2.22 bits per heavy atom. The van der Waals surface area contributed by atoms with Crippen molar-refractivity contribution in [3.05, 3.63) is 56.7 Å². The van der Waals surface area contributed by atoms with Crippen LogP contribution in [-0.2, 0) is 20.4 Å². The van der Waals surface area contributed by atoms with E-state index in [9.17, 15) is 13.6 Å². The lowest BCUT2D eigenvalue weighted by molar-refractivity contribution is -0.0233. The lowest BCUT2D eigenvalue weighted by Crippen LogP contribution is -2.28. The summed E-state index contributed by atoms with van der Waals surface area (Å²) in [6.07, 6.45) is 1.30. The molecule has 3 heterocycles. The molecular weight excluding hydrogens is 401 g/mol. The number of nitrogens with one attached hydrogen (secondary N) is 1. The molecule has 4 rings (SSSR count). The zero-order valence-corrected chi connectivity index (χ0v) is 15.6. The van der Waals surface area contributed by atoms with Gasteiger partial charge in [0.1, 0.15) is 22.4 Å². The Morgan fingerprint density at radius 3 is 3.07 bits per heavy atom. The van der Waals surface area contributed by atoms with E-state index >= 15 is 0 Å². The van der Waals surface area contributed by atoms with Gasteiger partial charge in [0.05, 0.1) is 25.5 Å². The lowest BCUT2D eigenvalue weighted by atomic mass is 10.2. The standard InChI is InChI=1S/C16H15F2N2O5PS/c17-10-1-3-13-9(5-10)7-22-26(25-13)23-8-11-2-4-14(24-11)20-6-12(18)15(27)19-16(20)21/h1,3,5-6,11,14H,2,4,7-8H2,(H,19,21,27). The summed E-state index contributed by atoms with van der Waals surface area (Å²) in [5.74, 6) is -0.512. The highest BCUT2D eigenvalue weighted by atomic mass is 32.1. The monoisotopic (exact) mass is 416 g/mol. The van der Waals surface area contributed by atoms with Crippen LogP contribution in [0.3, 0.4) is 0 Å². The van der Waals surface area contributed by atoms with Crippen LogP contribution in [0.1, 0.15) is 24.6 Å². The first-order chi connectivity index (χ1) is 13.0. The topological polar surface area (TPSA) is 74.7 Å². The normalized spacial score (nSPS) is 24.4. The van der Waals surface area contributed by atoms with Crippen LogP contribution < -0.4 is 10.2 Å². The van der Waals surface area contributed by atoms with Crippen molar-refractivity contribution in [2.75, 3.05) is 6.61 Å². The molecule has 1 saturated heterocycles. The van der Waals surface area contributed by atoms with E-state index < -0.39 is 26.3 Å². The average Bonchev–Trinajstić information content (AvgIpc) is 3.11. The van der Waals surface area contributed by atoms with E-state index in [0.29, 0.717) is 24.2 Å². The fraction of sp³-hybridized carbons (Fsp3) is 0.375. The number of ether oxygens (including phenoxy) is 1. The molecule has 0 spiro atoms. The van der Waals surface area contributed by atoms with Gasteiger partial charge in [0.2, 0.25) is 0 Å². The average molecular weight is 416 g/mol. The Hall–Kier alpha value is -1.71. The molecule has 3 atom stereocenters. The van der Waals surface area contributed by atoms with Crippen molar-refractivity contribution in [2.24, 2.45) is 0 Å². The van der Waals surface area contributed by atoms with Crippen LogP contribution in [0.5, 0.6) is 5.75 Å². The van der Waals surface area contributed by atoms with Crippen molar-refractivity contribution in [3.63, 3.8) is 0 Å². The molecule has 0 amide bonds. The number of halogens is 2. The van der Waals surface area contributed by atoms with Gasteiger partial charge in [0.15, 0.2) is 5.82 Å². The predicted molar refractivity (Wildman–Crippen MR) is 93.7 cm³/mol. The predicted octanol–water partition coefficient (Wildman–Crippen LogP) is 3.71. The first-order valence-corrected chi connectivity index (χ1v) is 9.69. The van der Waals surface area contributed by atoms with E-state index in [4.69, 9.17) is 30.5 Å². The summed E-state index contributed by atoms with van der Waals surface area (Å²) in [5.41, 5.74) is 0.0949. The van der Waals surface area contributed by atoms with Crippen molar-refractivity contribution in [3.8, 4) is 5.75 Å². The van der Waals surface area contributed by atoms with Gasteiger partial charge < -0.3 is 9.26 Å². The zero-order chi connectivity index (χ0) is 19.0. The number of aromatic nitrogens is 2. The molecule has 1 fully saturated rings. The third-order valence-corrected chi connectivity index (χ3v) is 5.55. The number of H-pyrrole nitrogens is 1. The summed E-state index contributed by atoms with van der Waals surface area (Å²) in [6, 6.07) is 4.20. The Balaban J connectivity index is 1.33. The second kappa shape index (κ2) is 7.73. The van der Waals surface area contributed by atoms with Crippen molar-refractivity contribution >= 4 is 20.8 Å². The first-order valence-electron chi connectivity index (χ1n) is 8.18. The summed E-state index contributed by atoms with van der Waals surface area (Å²) in [7, 11) is -1.62. The van der Waals surface area contributed by atoms with Crippen LogP contribution in [0.25, 0.3) is 0 Å². The number of benzene rings is 1. The van der Waals surface area contributed by atoms with Gasteiger partial charge in [0, 0.05) is 5.56 Å². The van der Waals surface area contributed by atoms with Crippen molar-refractivity contribution < 1.29 is 27.1 Å². The molecule has 2 aliphatic heterocycles. The summed E-state index contributed by atoms with van der Waals surface area (Å²) < 4.78 is 50.2. The van der Waals surface area contributed by atoms with Crippen LogP contribution in [0.4, 0.5) is 8.78 Å². The van der Waals surface area contributed by atoms with Gasteiger partial charge >= 0.3 is 14.3 Å². The van der Waals surface area contributed by atoms with Gasteiger partial charge in [0.25, 0.3) is 0 Å². The molecule has 0 radical (unpaired) electrons. The molecule has 3 unspecified atom stereocenters. The largest absolute Gasteiger partial charge is 0.426 e. The quantitative estimate of drug-likeness (QED) is 0.605. The van der Waals surface area contributed by atoms with Crippen LogP contribution >= 0.6 is 20.8 Å². The third kappa shape index (κ3) is 4.09. The summed E-state index contributed by atoms with van der Waals surface area (Å²) in [6.45, 7) is 0.393. The van der Waals surface area contributed by atoms with Crippen LogP contribution in [0.15, 0.2) is 29.2 Å². The van der Waals surface area contributed by atoms with E-state index in [1.54, 1.807) is 0 Å². The molecule has 1 aromatic carbocycles. The highest BCUT2D eigenvalue weighted by molar-refractivity contribution is 7.71. The Labute approximate surface area is 158 Å². The van der Waals surface area contributed by atoms with Gasteiger partial charge in [-0.2, -0.15) is 0 Å².